The van der Waals surface area contributed by atoms with E-state index >= 15 is 0 Å². The van der Waals surface area contributed by atoms with Gasteiger partial charge in [-0.25, -0.2) is 9.97 Å². The van der Waals surface area contributed by atoms with Crippen LogP contribution in [-0.4, -0.2) is 44.9 Å². The molecule has 27 heavy (non-hydrogen) atoms. The lowest BCUT2D eigenvalue weighted by Crippen LogP contribution is -2.26. The quantitative estimate of drug-likeness (QED) is 0.582. The van der Waals surface area contributed by atoms with Gasteiger partial charge in [0.1, 0.15) is 0 Å². The molecule has 0 radical (unpaired) electrons. The largest absolute Gasteiger partial charge is 0.383 e. The predicted octanol–water partition coefficient (Wildman–Crippen LogP) is 3.32. The molecule has 6 nitrogen and oxygen atoms in total. The standard InChI is InChI=1S/C21H27N5O/c1-4-26-16-19(13-24-26)15-25(8-9-27-3)14-18-11-22-21(23-12-18)20-7-5-6-17(2)10-20/h5-7,10-13,16H,4,8-9,14-15H2,1-3H3. The van der Waals surface area contributed by atoms with Gasteiger partial charge in [-0.05, 0) is 19.9 Å². The molecule has 6 heteroatoms. The number of ether oxygens (including phenoxy) is 1. The molecule has 0 atom stereocenters. The molecule has 0 aliphatic rings. The van der Waals surface area contributed by atoms with Crippen LogP contribution in [0, 0.1) is 6.92 Å². The van der Waals surface area contributed by atoms with Crippen molar-refractivity contribution >= 4 is 0 Å². The van der Waals surface area contributed by atoms with Gasteiger partial charge in [0.25, 0.3) is 0 Å². The van der Waals surface area contributed by atoms with Gasteiger partial charge >= 0.3 is 0 Å². The van der Waals surface area contributed by atoms with Crippen molar-refractivity contribution in [1.82, 2.24) is 24.6 Å². The summed E-state index contributed by atoms with van der Waals surface area (Å²) >= 11 is 0. The first-order valence-electron chi connectivity index (χ1n) is 9.28. The van der Waals surface area contributed by atoms with Crippen LogP contribution in [0.15, 0.2) is 49.1 Å². The van der Waals surface area contributed by atoms with Crippen molar-refractivity contribution in [3.05, 3.63) is 65.7 Å². The Balaban J connectivity index is 1.69. The minimum Gasteiger partial charge on any atom is -0.383 e. The lowest BCUT2D eigenvalue weighted by atomic mass is 10.1. The van der Waals surface area contributed by atoms with Crippen molar-refractivity contribution in [2.75, 3.05) is 20.3 Å². The van der Waals surface area contributed by atoms with Crippen LogP contribution in [0.3, 0.4) is 0 Å². The van der Waals surface area contributed by atoms with Crippen LogP contribution in [0.2, 0.25) is 0 Å². The zero-order chi connectivity index (χ0) is 19.1. The van der Waals surface area contributed by atoms with Crippen LogP contribution in [0.25, 0.3) is 11.4 Å². The number of nitrogens with zero attached hydrogens (tertiary/aromatic N) is 5. The molecular weight excluding hydrogens is 338 g/mol. The fourth-order valence-electron chi connectivity index (χ4n) is 2.98. The molecule has 2 heterocycles. The maximum absolute atomic E-state index is 5.27. The number of aryl methyl sites for hydroxylation is 2. The van der Waals surface area contributed by atoms with Gasteiger partial charge in [-0.2, -0.15) is 5.10 Å². The van der Waals surface area contributed by atoms with E-state index in [4.69, 9.17) is 4.74 Å². The van der Waals surface area contributed by atoms with Crippen molar-refractivity contribution < 1.29 is 4.74 Å². The molecule has 0 fully saturated rings. The number of benzene rings is 1. The Labute approximate surface area is 160 Å². The minimum atomic E-state index is 0.685. The van der Waals surface area contributed by atoms with Gasteiger partial charge in [0.2, 0.25) is 0 Å². The van der Waals surface area contributed by atoms with E-state index in [1.165, 1.54) is 11.1 Å². The van der Waals surface area contributed by atoms with E-state index in [2.05, 4.69) is 52.1 Å². The highest BCUT2D eigenvalue weighted by atomic mass is 16.5. The van der Waals surface area contributed by atoms with Crippen molar-refractivity contribution in [1.29, 1.82) is 0 Å². The van der Waals surface area contributed by atoms with Gasteiger partial charge in [-0.1, -0.05) is 23.8 Å². The molecule has 2 aromatic heterocycles. The van der Waals surface area contributed by atoms with Crippen molar-refractivity contribution in [3.63, 3.8) is 0 Å². The topological polar surface area (TPSA) is 56.1 Å². The maximum atomic E-state index is 5.27. The summed E-state index contributed by atoms with van der Waals surface area (Å²) in [5.41, 5.74) is 4.54. The second-order valence-corrected chi connectivity index (χ2v) is 6.69. The van der Waals surface area contributed by atoms with Crippen LogP contribution >= 0.6 is 0 Å². The Kier molecular flexibility index (Phi) is 6.68. The Hall–Kier alpha value is -2.57. The lowest BCUT2D eigenvalue weighted by molar-refractivity contribution is 0.140. The molecule has 0 aliphatic heterocycles. The van der Waals surface area contributed by atoms with Crippen molar-refractivity contribution in [3.8, 4) is 11.4 Å². The van der Waals surface area contributed by atoms with Gasteiger partial charge < -0.3 is 4.74 Å². The average molecular weight is 365 g/mol. The lowest BCUT2D eigenvalue weighted by Gasteiger charge is -2.21. The van der Waals surface area contributed by atoms with E-state index in [1.807, 2.05) is 35.4 Å². The highest BCUT2D eigenvalue weighted by Crippen LogP contribution is 2.16. The number of hydrogen-bond donors (Lipinski definition) is 0. The second kappa shape index (κ2) is 9.39. The summed E-state index contributed by atoms with van der Waals surface area (Å²) in [6, 6.07) is 8.25. The van der Waals surface area contributed by atoms with E-state index in [0.717, 1.165) is 43.1 Å². The van der Waals surface area contributed by atoms with E-state index in [-0.39, 0.29) is 0 Å². The first-order valence-corrected chi connectivity index (χ1v) is 9.28. The summed E-state index contributed by atoms with van der Waals surface area (Å²) in [5.74, 6) is 0.759. The van der Waals surface area contributed by atoms with Gasteiger partial charge in [0, 0.05) is 68.6 Å². The molecule has 0 saturated heterocycles. The zero-order valence-electron chi connectivity index (χ0n) is 16.3. The summed E-state index contributed by atoms with van der Waals surface area (Å²) in [4.78, 5) is 11.4. The minimum absolute atomic E-state index is 0.685. The highest BCUT2D eigenvalue weighted by Gasteiger charge is 2.10. The van der Waals surface area contributed by atoms with Crippen LogP contribution in [0.1, 0.15) is 23.6 Å². The van der Waals surface area contributed by atoms with Gasteiger partial charge in [-0.3, -0.25) is 9.58 Å². The smallest absolute Gasteiger partial charge is 0.159 e. The normalized spacial score (nSPS) is 11.3. The number of rotatable bonds is 9. The first kappa shape index (κ1) is 19.2. The van der Waals surface area contributed by atoms with E-state index in [0.29, 0.717) is 6.61 Å². The molecule has 0 unspecified atom stereocenters. The van der Waals surface area contributed by atoms with Crippen molar-refractivity contribution in [2.24, 2.45) is 0 Å². The number of hydrogen-bond acceptors (Lipinski definition) is 5. The molecule has 0 aliphatic carbocycles. The van der Waals surface area contributed by atoms with E-state index < -0.39 is 0 Å². The number of methoxy groups -OCH3 is 1. The van der Waals surface area contributed by atoms with Gasteiger partial charge in [-0.15, -0.1) is 0 Å². The monoisotopic (exact) mass is 365 g/mol. The van der Waals surface area contributed by atoms with Crippen LogP contribution in [0.4, 0.5) is 0 Å². The van der Waals surface area contributed by atoms with E-state index in [1.54, 1.807) is 7.11 Å². The molecule has 3 aromatic rings. The second-order valence-electron chi connectivity index (χ2n) is 6.69. The molecule has 0 saturated carbocycles. The average Bonchev–Trinajstić information content (AvgIpc) is 3.14. The zero-order valence-corrected chi connectivity index (χ0v) is 16.3. The molecule has 0 bridgehead atoms. The first-order chi connectivity index (χ1) is 13.2. The third-order valence-corrected chi connectivity index (χ3v) is 4.42. The fraction of sp³-hybridized carbons (Fsp3) is 0.381. The van der Waals surface area contributed by atoms with Gasteiger partial charge in [0.05, 0.1) is 12.8 Å². The fourth-order valence-corrected chi connectivity index (χ4v) is 2.98. The summed E-state index contributed by atoms with van der Waals surface area (Å²) in [5, 5.41) is 4.36. The highest BCUT2D eigenvalue weighted by molar-refractivity contribution is 5.55. The molecular formula is C21H27N5O. The van der Waals surface area contributed by atoms with E-state index in [9.17, 15) is 0 Å². The Morgan fingerprint density at radius 2 is 1.85 bits per heavy atom. The Morgan fingerprint density at radius 1 is 1.07 bits per heavy atom. The summed E-state index contributed by atoms with van der Waals surface area (Å²) in [6.45, 7) is 8.17. The summed E-state index contributed by atoms with van der Waals surface area (Å²) < 4.78 is 7.22. The molecule has 0 spiro atoms. The maximum Gasteiger partial charge on any atom is 0.159 e. The molecule has 142 valence electrons. The third kappa shape index (κ3) is 5.45. The summed E-state index contributed by atoms with van der Waals surface area (Å²) in [6.07, 6.45) is 7.86. The van der Waals surface area contributed by atoms with Crippen LogP contribution in [0.5, 0.6) is 0 Å². The van der Waals surface area contributed by atoms with Crippen molar-refractivity contribution in [2.45, 2.75) is 33.5 Å². The molecule has 3 rings (SSSR count). The van der Waals surface area contributed by atoms with Crippen LogP contribution < -0.4 is 0 Å². The Morgan fingerprint density at radius 3 is 2.52 bits per heavy atom. The Bertz CT molecular complexity index is 844. The third-order valence-electron chi connectivity index (χ3n) is 4.42. The SMILES string of the molecule is CCn1cc(CN(CCOC)Cc2cnc(-c3cccc(C)c3)nc2)cn1. The van der Waals surface area contributed by atoms with Crippen LogP contribution in [-0.2, 0) is 24.4 Å². The molecule has 1 aromatic carbocycles. The van der Waals surface area contributed by atoms with Gasteiger partial charge in [0.15, 0.2) is 5.82 Å². The summed E-state index contributed by atoms with van der Waals surface area (Å²) in [7, 11) is 1.73. The molecule has 0 amide bonds. The molecule has 0 N–H and O–H groups in total. The predicted molar refractivity (Wildman–Crippen MR) is 106 cm³/mol. The number of aromatic nitrogens is 4.